The molecular weight excluding hydrogens is 280 g/mol. The first kappa shape index (κ1) is 17.7. The molecule has 0 spiro atoms. The molecular formula is C14H16ClN2O3-. The number of aromatic hydroxyl groups is 1. The summed E-state index contributed by atoms with van der Waals surface area (Å²) in [6, 6.07) is 13.0. The Balaban J connectivity index is 0.000000448. The highest BCUT2D eigenvalue weighted by Gasteiger charge is 2.02. The molecule has 5 nitrogen and oxygen atoms in total. The number of rotatable bonds is 1. The lowest BCUT2D eigenvalue weighted by atomic mass is 10.3. The third kappa shape index (κ3) is 6.06. The average Bonchev–Trinajstić information content (AvgIpc) is 2.41. The SMILES string of the molecule is CN(C)C(=O)[O-].Oc1ccc(-[n+]2ccccc2)cc1.[Cl-]. The standard InChI is InChI=1S/C11H9NO.C3H7NO2.ClH/c13-11-6-4-10(5-7-11)12-8-2-1-3-9-12;1-4(2)3(5)6;/h1-9H;1-2H3,(H,5,6);1H/p-1. The fraction of sp³-hybridized carbons (Fsp3) is 0.143. The maximum Gasteiger partial charge on any atom is 0.210 e. The number of phenolic OH excluding ortho intramolecular Hbond substituents is 1. The van der Waals surface area contributed by atoms with Crippen molar-refractivity contribution >= 4 is 6.09 Å². The van der Waals surface area contributed by atoms with Crippen molar-refractivity contribution in [3.63, 3.8) is 0 Å². The van der Waals surface area contributed by atoms with Crippen molar-refractivity contribution in [3.05, 3.63) is 54.9 Å². The zero-order valence-corrected chi connectivity index (χ0v) is 12.0. The number of phenols is 1. The molecule has 2 aromatic rings. The van der Waals surface area contributed by atoms with Gasteiger partial charge in [0.1, 0.15) is 11.8 Å². The van der Waals surface area contributed by atoms with Crippen LogP contribution < -0.4 is 22.1 Å². The largest absolute Gasteiger partial charge is 1.00 e. The first-order valence-electron chi connectivity index (χ1n) is 5.64. The molecule has 0 radical (unpaired) electrons. The van der Waals surface area contributed by atoms with Gasteiger partial charge in [-0.1, -0.05) is 6.07 Å². The number of aromatic nitrogens is 1. The number of halogens is 1. The Morgan fingerprint density at radius 3 is 1.95 bits per heavy atom. The second-order valence-corrected chi connectivity index (χ2v) is 3.96. The monoisotopic (exact) mass is 295 g/mol. The second kappa shape index (κ2) is 8.77. The van der Waals surface area contributed by atoms with Gasteiger partial charge in [0.05, 0.1) is 0 Å². The first-order valence-corrected chi connectivity index (χ1v) is 5.64. The minimum Gasteiger partial charge on any atom is -1.00 e. The molecule has 0 aliphatic carbocycles. The van der Waals surface area contributed by atoms with Crippen LogP contribution in [-0.2, 0) is 0 Å². The first-order chi connectivity index (χ1) is 9.00. The van der Waals surface area contributed by atoms with E-state index < -0.39 is 6.09 Å². The van der Waals surface area contributed by atoms with Crippen molar-refractivity contribution in [1.82, 2.24) is 4.90 Å². The van der Waals surface area contributed by atoms with Crippen molar-refractivity contribution in [3.8, 4) is 11.4 Å². The Morgan fingerprint density at radius 2 is 1.55 bits per heavy atom. The number of nitrogens with zero attached hydrogens (tertiary/aromatic N) is 2. The van der Waals surface area contributed by atoms with Crippen LogP contribution >= 0.6 is 0 Å². The Hall–Kier alpha value is -2.27. The van der Waals surface area contributed by atoms with Crippen LogP contribution in [0.25, 0.3) is 5.69 Å². The zero-order valence-electron chi connectivity index (χ0n) is 11.2. The van der Waals surface area contributed by atoms with E-state index in [0.29, 0.717) is 5.75 Å². The fourth-order valence-corrected chi connectivity index (χ4v) is 1.20. The summed E-state index contributed by atoms with van der Waals surface area (Å²) in [5.41, 5.74) is 1.04. The molecule has 1 N–H and O–H groups in total. The minimum absolute atomic E-state index is 0. The molecule has 6 heteroatoms. The number of amides is 1. The molecule has 0 saturated heterocycles. The summed E-state index contributed by atoms with van der Waals surface area (Å²) in [5, 5.41) is 18.6. The summed E-state index contributed by atoms with van der Waals surface area (Å²) < 4.78 is 1.99. The predicted octanol–water partition coefficient (Wildman–Crippen LogP) is -2.44. The van der Waals surface area contributed by atoms with Gasteiger partial charge < -0.3 is 32.3 Å². The molecule has 0 atom stereocenters. The molecule has 1 amide bonds. The number of pyridine rings is 1. The molecule has 0 saturated carbocycles. The van der Waals surface area contributed by atoms with E-state index in [9.17, 15) is 9.90 Å². The molecule has 1 heterocycles. The molecule has 0 aliphatic rings. The molecule has 1 aromatic carbocycles. The third-order valence-corrected chi connectivity index (χ3v) is 2.23. The molecule has 2 rings (SSSR count). The Morgan fingerprint density at radius 1 is 1.10 bits per heavy atom. The van der Waals surface area contributed by atoms with Gasteiger partial charge in [-0.25, -0.2) is 0 Å². The minimum atomic E-state index is -1.16. The summed E-state index contributed by atoms with van der Waals surface area (Å²) in [7, 11) is 2.82. The van der Waals surface area contributed by atoms with E-state index in [4.69, 9.17) is 5.11 Å². The summed E-state index contributed by atoms with van der Waals surface area (Å²) >= 11 is 0. The number of benzene rings is 1. The van der Waals surface area contributed by atoms with Gasteiger partial charge >= 0.3 is 0 Å². The molecule has 0 aliphatic heterocycles. The van der Waals surface area contributed by atoms with E-state index >= 15 is 0 Å². The Labute approximate surface area is 124 Å². The molecule has 20 heavy (non-hydrogen) atoms. The number of carbonyl (C=O) groups excluding carboxylic acids is 1. The lowest BCUT2D eigenvalue weighted by Gasteiger charge is -2.10. The van der Waals surface area contributed by atoms with Crippen LogP contribution in [0.5, 0.6) is 5.75 Å². The number of hydrogen-bond donors (Lipinski definition) is 1. The van der Waals surface area contributed by atoms with Gasteiger partial charge in [0, 0.05) is 38.4 Å². The normalized spacial score (nSPS) is 8.70. The summed E-state index contributed by atoms with van der Waals surface area (Å²) in [6.07, 6.45) is 2.77. The molecule has 108 valence electrons. The number of carboxylic acid groups (broad SMARTS) is 1. The van der Waals surface area contributed by atoms with Gasteiger partial charge in [0.15, 0.2) is 12.4 Å². The quantitative estimate of drug-likeness (QED) is 0.595. The fourth-order valence-electron chi connectivity index (χ4n) is 1.20. The molecule has 0 unspecified atom stereocenters. The second-order valence-electron chi connectivity index (χ2n) is 3.96. The highest BCUT2D eigenvalue weighted by molar-refractivity contribution is 5.61. The topological polar surface area (TPSA) is 67.5 Å². The van der Waals surface area contributed by atoms with Crippen molar-refractivity contribution in [2.75, 3.05) is 14.1 Å². The van der Waals surface area contributed by atoms with Crippen molar-refractivity contribution < 1.29 is 32.0 Å². The Kier molecular flexibility index (Phi) is 7.77. The molecule has 1 aromatic heterocycles. The van der Waals surface area contributed by atoms with Crippen LogP contribution in [0.3, 0.4) is 0 Å². The third-order valence-electron chi connectivity index (χ3n) is 2.23. The van der Waals surface area contributed by atoms with E-state index in [0.717, 1.165) is 10.6 Å². The van der Waals surface area contributed by atoms with E-state index in [1.165, 1.54) is 14.1 Å². The number of carbonyl (C=O) groups is 1. The summed E-state index contributed by atoms with van der Waals surface area (Å²) in [5.74, 6) is 0.292. The number of hydrogen-bond acceptors (Lipinski definition) is 3. The van der Waals surface area contributed by atoms with Gasteiger partial charge in [-0.15, -0.1) is 0 Å². The average molecular weight is 296 g/mol. The van der Waals surface area contributed by atoms with Crippen LogP contribution in [0, 0.1) is 0 Å². The smallest absolute Gasteiger partial charge is 0.210 e. The van der Waals surface area contributed by atoms with Crippen molar-refractivity contribution in [1.29, 1.82) is 0 Å². The summed E-state index contributed by atoms with van der Waals surface area (Å²) in [6.45, 7) is 0. The van der Waals surface area contributed by atoms with Crippen LogP contribution in [0.2, 0.25) is 0 Å². The van der Waals surface area contributed by atoms with Crippen LogP contribution in [-0.4, -0.2) is 30.2 Å². The van der Waals surface area contributed by atoms with Gasteiger partial charge in [0.25, 0.3) is 0 Å². The highest BCUT2D eigenvalue weighted by Crippen LogP contribution is 2.08. The van der Waals surface area contributed by atoms with Crippen LogP contribution in [0.15, 0.2) is 54.9 Å². The van der Waals surface area contributed by atoms with E-state index in [1.807, 2.05) is 47.3 Å². The van der Waals surface area contributed by atoms with Gasteiger partial charge in [-0.3, -0.25) is 0 Å². The highest BCUT2D eigenvalue weighted by atomic mass is 35.5. The van der Waals surface area contributed by atoms with Gasteiger partial charge in [-0.2, -0.15) is 4.57 Å². The van der Waals surface area contributed by atoms with Crippen molar-refractivity contribution in [2.45, 2.75) is 0 Å². The van der Waals surface area contributed by atoms with E-state index in [2.05, 4.69) is 0 Å². The zero-order chi connectivity index (χ0) is 14.3. The predicted molar refractivity (Wildman–Crippen MR) is 68.7 cm³/mol. The van der Waals surface area contributed by atoms with Gasteiger partial charge in [-0.05, 0) is 12.1 Å². The van der Waals surface area contributed by atoms with E-state index in [-0.39, 0.29) is 12.4 Å². The van der Waals surface area contributed by atoms with E-state index in [1.54, 1.807) is 12.1 Å². The Bertz CT molecular complexity index is 516. The lowest BCUT2D eigenvalue weighted by Crippen LogP contribution is -3.00. The molecule has 0 bridgehead atoms. The maximum atomic E-state index is 9.51. The van der Waals surface area contributed by atoms with Crippen molar-refractivity contribution in [2.24, 2.45) is 0 Å². The maximum absolute atomic E-state index is 9.51. The summed E-state index contributed by atoms with van der Waals surface area (Å²) in [4.78, 5) is 10.5. The van der Waals surface area contributed by atoms with Gasteiger partial charge in [0.2, 0.25) is 5.69 Å². The van der Waals surface area contributed by atoms with Crippen LogP contribution in [0.4, 0.5) is 4.79 Å². The molecule has 0 fully saturated rings. The lowest BCUT2D eigenvalue weighted by molar-refractivity contribution is -0.595. The van der Waals surface area contributed by atoms with Crippen LogP contribution in [0.1, 0.15) is 0 Å².